The van der Waals surface area contributed by atoms with Crippen molar-refractivity contribution in [2.45, 2.75) is 6.54 Å². The number of rotatable bonds is 7. The maximum absolute atomic E-state index is 11.7. The highest BCUT2D eigenvalue weighted by molar-refractivity contribution is 6.35. The summed E-state index contributed by atoms with van der Waals surface area (Å²) in [6.45, 7) is 0.00495. The highest BCUT2D eigenvalue weighted by atomic mass is 16.6. The molecule has 2 amide bonds. The van der Waals surface area contributed by atoms with Gasteiger partial charge in [0.1, 0.15) is 5.75 Å². The average Bonchev–Trinajstić information content (AvgIpc) is 2.71. The summed E-state index contributed by atoms with van der Waals surface area (Å²) in [7, 11) is 1.28. The Balaban J connectivity index is 1.76. The van der Waals surface area contributed by atoms with E-state index in [1.54, 1.807) is 48.8 Å². The van der Waals surface area contributed by atoms with E-state index >= 15 is 0 Å². The number of hydrogen-bond donors (Lipinski definition) is 2. The Kier molecular flexibility index (Phi) is 7.46. The molecule has 0 unspecified atom stereocenters. The second kappa shape index (κ2) is 10.3. The molecule has 0 atom stereocenters. The largest absolute Gasteiger partial charge is 0.482 e. The second-order valence-electron chi connectivity index (χ2n) is 5.18. The molecule has 9 nitrogen and oxygen atoms in total. The molecule has 1 aromatic carbocycles. The fraction of sp³-hybridized carbons (Fsp3) is 0.167. The van der Waals surface area contributed by atoms with Gasteiger partial charge < -0.3 is 14.8 Å². The van der Waals surface area contributed by atoms with Crippen molar-refractivity contribution < 1.29 is 23.9 Å². The quantitative estimate of drug-likeness (QED) is 0.315. The van der Waals surface area contributed by atoms with Crippen LogP contribution in [0.3, 0.4) is 0 Å². The molecular weight excluding hydrogens is 352 g/mol. The predicted octanol–water partition coefficient (Wildman–Crippen LogP) is 0.400. The fourth-order valence-corrected chi connectivity index (χ4v) is 1.83. The van der Waals surface area contributed by atoms with Gasteiger partial charge in [-0.05, 0) is 41.5 Å². The number of esters is 1. The normalized spacial score (nSPS) is 10.3. The van der Waals surface area contributed by atoms with Gasteiger partial charge >= 0.3 is 17.8 Å². The third-order valence-corrected chi connectivity index (χ3v) is 3.23. The first-order valence-electron chi connectivity index (χ1n) is 7.88. The maximum atomic E-state index is 11.7. The lowest BCUT2D eigenvalue weighted by atomic mass is 10.2. The Morgan fingerprint density at radius 1 is 1.15 bits per heavy atom. The van der Waals surface area contributed by atoms with E-state index in [2.05, 4.69) is 25.6 Å². The molecule has 0 fully saturated rings. The molecule has 27 heavy (non-hydrogen) atoms. The van der Waals surface area contributed by atoms with Crippen molar-refractivity contribution in [2.75, 3.05) is 13.7 Å². The number of hydrogen-bond acceptors (Lipinski definition) is 7. The molecule has 0 aliphatic carbocycles. The number of hydrazone groups is 1. The Hall–Kier alpha value is -3.75. The van der Waals surface area contributed by atoms with Crippen LogP contribution in [-0.2, 0) is 25.7 Å². The lowest BCUT2D eigenvalue weighted by Crippen LogP contribution is -2.37. The van der Waals surface area contributed by atoms with Crippen molar-refractivity contribution in [2.24, 2.45) is 5.10 Å². The molecule has 0 radical (unpaired) electrons. The summed E-state index contributed by atoms with van der Waals surface area (Å²) in [5.41, 5.74) is 3.58. The van der Waals surface area contributed by atoms with Crippen LogP contribution in [-0.4, -0.2) is 42.7 Å². The van der Waals surface area contributed by atoms with E-state index in [9.17, 15) is 14.4 Å². The summed E-state index contributed by atoms with van der Waals surface area (Å²) in [5, 5.41) is 6.19. The monoisotopic (exact) mass is 370 g/mol. The summed E-state index contributed by atoms with van der Waals surface area (Å²) in [6.07, 6.45) is 4.58. The number of nitrogens with one attached hydrogen (secondary N) is 2. The standard InChI is InChI=1S/C18H18N4O5/c1-26-16(23)12-27-15-6-4-13(5-7-15)11-21-22-18(25)17(24)20-10-14-3-2-8-19-9-14/h2-9,11H,10,12H2,1H3,(H,20,24)(H,22,25)/b21-11-. The van der Waals surface area contributed by atoms with Crippen LogP contribution < -0.4 is 15.5 Å². The maximum Gasteiger partial charge on any atom is 0.343 e. The Morgan fingerprint density at radius 3 is 2.59 bits per heavy atom. The first-order chi connectivity index (χ1) is 13.1. The number of carbonyl (C=O) groups is 3. The molecule has 1 aromatic heterocycles. The highest BCUT2D eigenvalue weighted by Crippen LogP contribution is 2.10. The number of amides is 2. The third-order valence-electron chi connectivity index (χ3n) is 3.23. The number of benzene rings is 1. The van der Waals surface area contributed by atoms with Crippen molar-refractivity contribution in [3.63, 3.8) is 0 Å². The highest BCUT2D eigenvalue weighted by Gasteiger charge is 2.11. The van der Waals surface area contributed by atoms with E-state index in [0.717, 1.165) is 5.56 Å². The van der Waals surface area contributed by atoms with E-state index in [1.165, 1.54) is 13.3 Å². The zero-order chi connectivity index (χ0) is 19.5. The van der Waals surface area contributed by atoms with E-state index in [4.69, 9.17) is 4.74 Å². The van der Waals surface area contributed by atoms with Crippen molar-refractivity contribution >= 4 is 24.0 Å². The molecule has 0 saturated heterocycles. The third kappa shape index (κ3) is 6.94. The minimum absolute atomic E-state index is 0.186. The molecule has 0 aliphatic heterocycles. The molecular formula is C18H18N4O5. The topological polar surface area (TPSA) is 119 Å². The van der Waals surface area contributed by atoms with Gasteiger partial charge in [-0.15, -0.1) is 0 Å². The van der Waals surface area contributed by atoms with Gasteiger partial charge in [-0.25, -0.2) is 10.2 Å². The molecule has 0 saturated carbocycles. The van der Waals surface area contributed by atoms with E-state index < -0.39 is 17.8 Å². The minimum atomic E-state index is -0.881. The summed E-state index contributed by atoms with van der Waals surface area (Å²) < 4.78 is 9.68. The average molecular weight is 370 g/mol. The first-order valence-corrected chi connectivity index (χ1v) is 7.88. The predicted molar refractivity (Wildman–Crippen MR) is 95.8 cm³/mol. The second-order valence-corrected chi connectivity index (χ2v) is 5.18. The number of nitrogens with zero attached hydrogens (tertiary/aromatic N) is 2. The lowest BCUT2D eigenvalue weighted by molar-refractivity contribution is -0.142. The molecule has 2 aromatic rings. The molecule has 9 heteroatoms. The number of pyridine rings is 1. The van der Waals surface area contributed by atoms with Crippen molar-refractivity contribution in [1.29, 1.82) is 0 Å². The molecule has 1 heterocycles. The molecule has 2 rings (SSSR count). The fourth-order valence-electron chi connectivity index (χ4n) is 1.83. The van der Waals surface area contributed by atoms with Crippen molar-refractivity contribution in [3.05, 3.63) is 59.9 Å². The number of ether oxygens (including phenoxy) is 2. The number of methoxy groups -OCH3 is 1. The van der Waals surface area contributed by atoms with Crippen LogP contribution in [0.2, 0.25) is 0 Å². The molecule has 0 aliphatic rings. The van der Waals surface area contributed by atoms with Gasteiger partial charge in [0, 0.05) is 18.9 Å². The Bertz CT molecular complexity index is 806. The zero-order valence-corrected chi connectivity index (χ0v) is 14.5. The van der Waals surface area contributed by atoms with Gasteiger partial charge in [0.05, 0.1) is 13.3 Å². The van der Waals surface area contributed by atoms with E-state index in [1.807, 2.05) is 0 Å². The van der Waals surface area contributed by atoms with Gasteiger partial charge in [-0.3, -0.25) is 14.6 Å². The summed E-state index contributed by atoms with van der Waals surface area (Å²) in [6, 6.07) is 10.1. The van der Waals surface area contributed by atoms with Crippen molar-refractivity contribution in [1.82, 2.24) is 15.7 Å². The van der Waals surface area contributed by atoms with Gasteiger partial charge in [-0.2, -0.15) is 5.10 Å². The molecule has 2 N–H and O–H groups in total. The van der Waals surface area contributed by atoms with Crippen molar-refractivity contribution in [3.8, 4) is 5.75 Å². The van der Waals surface area contributed by atoms with Gasteiger partial charge in [0.15, 0.2) is 6.61 Å². The first kappa shape index (κ1) is 19.6. The van der Waals surface area contributed by atoms with Crippen LogP contribution in [0.4, 0.5) is 0 Å². The summed E-state index contributed by atoms with van der Waals surface area (Å²) in [4.78, 5) is 38.3. The molecule has 0 bridgehead atoms. The van der Waals surface area contributed by atoms with Crippen LogP contribution in [0, 0.1) is 0 Å². The zero-order valence-electron chi connectivity index (χ0n) is 14.5. The van der Waals surface area contributed by atoms with Crippen LogP contribution in [0.5, 0.6) is 5.75 Å². The van der Waals surface area contributed by atoms with Crippen LogP contribution in [0.1, 0.15) is 11.1 Å². The smallest absolute Gasteiger partial charge is 0.343 e. The Labute approximate surface area is 155 Å². The minimum Gasteiger partial charge on any atom is -0.482 e. The summed E-state index contributed by atoms with van der Waals surface area (Å²) in [5.74, 6) is -1.68. The SMILES string of the molecule is COC(=O)COc1ccc(/C=N\NC(=O)C(=O)NCc2cccnc2)cc1. The van der Waals surface area contributed by atoms with Crippen LogP contribution >= 0.6 is 0 Å². The molecule has 140 valence electrons. The van der Waals surface area contributed by atoms with Crippen LogP contribution in [0.15, 0.2) is 53.9 Å². The van der Waals surface area contributed by atoms with E-state index in [0.29, 0.717) is 11.3 Å². The van der Waals surface area contributed by atoms with Crippen LogP contribution in [0.25, 0.3) is 0 Å². The van der Waals surface area contributed by atoms with Gasteiger partial charge in [0.25, 0.3) is 0 Å². The van der Waals surface area contributed by atoms with Gasteiger partial charge in [0.2, 0.25) is 0 Å². The van der Waals surface area contributed by atoms with E-state index in [-0.39, 0.29) is 13.2 Å². The summed E-state index contributed by atoms with van der Waals surface area (Å²) >= 11 is 0. The Morgan fingerprint density at radius 2 is 1.93 bits per heavy atom. The van der Waals surface area contributed by atoms with Gasteiger partial charge in [-0.1, -0.05) is 6.07 Å². The lowest BCUT2D eigenvalue weighted by Gasteiger charge is -2.04. The number of carbonyl (C=O) groups excluding carboxylic acids is 3. The number of aromatic nitrogens is 1. The molecule has 0 spiro atoms.